The number of hydrogen-bond acceptors (Lipinski definition) is 2. The van der Waals surface area contributed by atoms with Crippen LogP contribution in [0.2, 0.25) is 0 Å². The predicted molar refractivity (Wildman–Crippen MR) is 58.9 cm³/mol. The molecule has 0 atom stereocenters. The van der Waals surface area contributed by atoms with Crippen molar-refractivity contribution in [3.8, 4) is 12.3 Å². The molecule has 0 saturated carbocycles. The van der Waals surface area contributed by atoms with Gasteiger partial charge < -0.3 is 10.6 Å². The van der Waals surface area contributed by atoms with Gasteiger partial charge in [0.2, 0.25) is 5.91 Å². The van der Waals surface area contributed by atoms with Gasteiger partial charge in [0.25, 0.3) is 0 Å². The highest BCUT2D eigenvalue weighted by molar-refractivity contribution is 5.77. The van der Waals surface area contributed by atoms with E-state index in [1.807, 2.05) is 6.92 Å². The van der Waals surface area contributed by atoms with Crippen molar-refractivity contribution in [2.24, 2.45) is 0 Å². The molecule has 80 valence electrons. The van der Waals surface area contributed by atoms with Gasteiger partial charge in [0.1, 0.15) is 0 Å². The summed E-state index contributed by atoms with van der Waals surface area (Å²) >= 11 is 0. The Morgan fingerprint density at radius 3 is 2.79 bits per heavy atom. The molecule has 1 amide bonds. The molecule has 0 aromatic carbocycles. The second-order valence-corrected chi connectivity index (χ2v) is 3.19. The highest BCUT2D eigenvalue weighted by Gasteiger charge is 1.97. The third-order valence-electron chi connectivity index (χ3n) is 1.78. The largest absolute Gasteiger partial charge is 0.355 e. The Morgan fingerprint density at radius 1 is 1.36 bits per heavy atom. The van der Waals surface area contributed by atoms with Crippen LogP contribution < -0.4 is 10.6 Å². The standard InChI is InChI=1S/C11H20N2O/c1-3-5-6-7-9-12-10-11(14)13-8-4-2/h1,12H,4-10H2,2H3,(H,13,14). The zero-order chi connectivity index (χ0) is 10.6. The van der Waals surface area contributed by atoms with E-state index in [4.69, 9.17) is 6.42 Å². The molecule has 0 radical (unpaired) electrons. The highest BCUT2D eigenvalue weighted by atomic mass is 16.1. The number of rotatable bonds is 8. The zero-order valence-electron chi connectivity index (χ0n) is 8.94. The van der Waals surface area contributed by atoms with Crippen molar-refractivity contribution in [1.82, 2.24) is 10.6 Å². The van der Waals surface area contributed by atoms with Crippen LogP contribution in [0.5, 0.6) is 0 Å². The Kier molecular flexibility index (Phi) is 9.35. The molecule has 0 bridgehead atoms. The summed E-state index contributed by atoms with van der Waals surface area (Å²) in [5, 5.41) is 5.87. The molecule has 0 heterocycles. The number of carbonyl (C=O) groups is 1. The van der Waals surface area contributed by atoms with Gasteiger partial charge in [0, 0.05) is 13.0 Å². The van der Waals surface area contributed by atoms with Crippen molar-refractivity contribution in [3.63, 3.8) is 0 Å². The zero-order valence-corrected chi connectivity index (χ0v) is 8.94. The Hall–Kier alpha value is -1.01. The molecule has 3 nitrogen and oxygen atoms in total. The van der Waals surface area contributed by atoms with E-state index in [0.29, 0.717) is 6.54 Å². The maximum atomic E-state index is 11.1. The molecular formula is C11H20N2O. The van der Waals surface area contributed by atoms with Gasteiger partial charge in [-0.1, -0.05) is 6.92 Å². The number of amides is 1. The van der Waals surface area contributed by atoms with E-state index in [1.54, 1.807) is 0 Å². The number of carbonyl (C=O) groups excluding carboxylic acids is 1. The normalized spacial score (nSPS) is 9.43. The lowest BCUT2D eigenvalue weighted by Gasteiger charge is -2.04. The molecule has 14 heavy (non-hydrogen) atoms. The Morgan fingerprint density at radius 2 is 2.14 bits per heavy atom. The highest BCUT2D eigenvalue weighted by Crippen LogP contribution is 1.90. The summed E-state index contributed by atoms with van der Waals surface area (Å²) in [6.07, 6.45) is 8.98. The van der Waals surface area contributed by atoms with Crippen LogP contribution in [0.15, 0.2) is 0 Å². The summed E-state index contributed by atoms with van der Waals surface area (Å²) in [7, 11) is 0. The Labute approximate surface area is 86.6 Å². The average molecular weight is 196 g/mol. The first kappa shape index (κ1) is 13.0. The molecule has 0 aliphatic heterocycles. The van der Waals surface area contributed by atoms with Crippen molar-refractivity contribution in [2.75, 3.05) is 19.6 Å². The average Bonchev–Trinajstić information content (AvgIpc) is 2.20. The summed E-state index contributed by atoms with van der Waals surface area (Å²) in [6, 6.07) is 0. The molecular weight excluding hydrogens is 176 g/mol. The number of unbranched alkanes of at least 4 members (excludes halogenated alkanes) is 2. The van der Waals surface area contributed by atoms with Crippen LogP contribution in [0.4, 0.5) is 0 Å². The van der Waals surface area contributed by atoms with Crippen LogP contribution in [-0.2, 0) is 4.79 Å². The monoisotopic (exact) mass is 196 g/mol. The van der Waals surface area contributed by atoms with Crippen LogP contribution in [0, 0.1) is 12.3 Å². The van der Waals surface area contributed by atoms with Crippen molar-refractivity contribution < 1.29 is 4.79 Å². The van der Waals surface area contributed by atoms with Gasteiger partial charge in [-0.05, 0) is 25.8 Å². The van der Waals surface area contributed by atoms with E-state index >= 15 is 0 Å². The molecule has 0 aromatic heterocycles. The first-order valence-electron chi connectivity index (χ1n) is 5.22. The van der Waals surface area contributed by atoms with Crippen molar-refractivity contribution in [2.45, 2.75) is 32.6 Å². The fraction of sp³-hybridized carbons (Fsp3) is 0.727. The van der Waals surface area contributed by atoms with Crippen molar-refractivity contribution in [3.05, 3.63) is 0 Å². The molecule has 0 rings (SSSR count). The van der Waals surface area contributed by atoms with Gasteiger partial charge in [-0.25, -0.2) is 0 Å². The lowest BCUT2D eigenvalue weighted by molar-refractivity contribution is -0.120. The first-order valence-corrected chi connectivity index (χ1v) is 5.22. The van der Waals surface area contributed by atoms with Crippen LogP contribution in [-0.4, -0.2) is 25.5 Å². The second-order valence-electron chi connectivity index (χ2n) is 3.19. The molecule has 0 spiro atoms. The van der Waals surface area contributed by atoms with Crippen molar-refractivity contribution in [1.29, 1.82) is 0 Å². The minimum atomic E-state index is 0.0730. The molecule has 3 heteroatoms. The van der Waals surface area contributed by atoms with Gasteiger partial charge >= 0.3 is 0 Å². The van der Waals surface area contributed by atoms with E-state index in [0.717, 1.165) is 38.8 Å². The van der Waals surface area contributed by atoms with Crippen LogP contribution in [0.1, 0.15) is 32.6 Å². The maximum absolute atomic E-state index is 11.1. The van der Waals surface area contributed by atoms with E-state index in [9.17, 15) is 4.79 Å². The van der Waals surface area contributed by atoms with E-state index in [-0.39, 0.29) is 5.91 Å². The lowest BCUT2D eigenvalue weighted by atomic mass is 10.2. The van der Waals surface area contributed by atoms with Crippen molar-refractivity contribution >= 4 is 5.91 Å². The number of hydrogen-bond donors (Lipinski definition) is 2. The molecule has 0 aliphatic rings. The summed E-state index contributed by atoms with van der Waals surface area (Å²) in [5.41, 5.74) is 0. The van der Waals surface area contributed by atoms with Crippen LogP contribution in [0.3, 0.4) is 0 Å². The second kappa shape index (κ2) is 10.1. The van der Waals surface area contributed by atoms with Gasteiger partial charge in [0.05, 0.1) is 6.54 Å². The van der Waals surface area contributed by atoms with Gasteiger partial charge in [-0.15, -0.1) is 12.3 Å². The van der Waals surface area contributed by atoms with Gasteiger partial charge in [-0.2, -0.15) is 0 Å². The lowest BCUT2D eigenvalue weighted by Crippen LogP contribution is -2.34. The molecule has 0 aromatic rings. The van der Waals surface area contributed by atoms with E-state index < -0.39 is 0 Å². The first-order chi connectivity index (χ1) is 6.81. The molecule has 2 N–H and O–H groups in total. The minimum Gasteiger partial charge on any atom is -0.355 e. The quantitative estimate of drug-likeness (QED) is 0.447. The Balaban J connectivity index is 3.11. The third kappa shape index (κ3) is 9.08. The summed E-state index contributed by atoms with van der Waals surface area (Å²) < 4.78 is 0. The fourth-order valence-corrected chi connectivity index (χ4v) is 1.01. The van der Waals surface area contributed by atoms with E-state index in [1.165, 1.54) is 0 Å². The number of terminal acetylenes is 1. The summed E-state index contributed by atoms with van der Waals surface area (Å²) in [6.45, 7) is 4.07. The van der Waals surface area contributed by atoms with Crippen LogP contribution >= 0.6 is 0 Å². The molecule has 0 saturated heterocycles. The predicted octanol–water partition coefficient (Wildman–Crippen LogP) is 0.906. The number of nitrogens with one attached hydrogen (secondary N) is 2. The Bertz CT molecular complexity index is 184. The molecule has 0 fully saturated rings. The van der Waals surface area contributed by atoms with Gasteiger partial charge in [0.15, 0.2) is 0 Å². The minimum absolute atomic E-state index is 0.0730. The van der Waals surface area contributed by atoms with Gasteiger partial charge in [-0.3, -0.25) is 4.79 Å². The summed E-state index contributed by atoms with van der Waals surface area (Å²) in [5.74, 6) is 2.66. The topological polar surface area (TPSA) is 41.1 Å². The fourth-order valence-electron chi connectivity index (χ4n) is 1.01. The molecule has 0 unspecified atom stereocenters. The third-order valence-corrected chi connectivity index (χ3v) is 1.78. The summed E-state index contributed by atoms with van der Waals surface area (Å²) in [4.78, 5) is 11.1. The smallest absolute Gasteiger partial charge is 0.233 e. The van der Waals surface area contributed by atoms with Crippen LogP contribution in [0.25, 0.3) is 0 Å². The van der Waals surface area contributed by atoms with E-state index in [2.05, 4.69) is 16.6 Å². The maximum Gasteiger partial charge on any atom is 0.233 e. The molecule has 0 aliphatic carbocycles. The SMILES string of the molecule is C#CCCCCNCC(=O)NCCC.